The molecule has 7 nitrogen and oxygen atoms in total. The molecule has 31 heavy (non-hydrogen) atoms. The zero-order chi connectivity index (χ0) is 22.1. The number of ether oxygens (including phenoxy) is 3. The number of nitrogens with zero attached hydrogens (tertiary/aromatic N) is 1. The molecule has 0 aromatic heterocycles. The Labute approximate surface area is 180 Å². The predicted octanol–water partition coefficient (Wildman–Crippen LogP) is 4.08. The van der Waals surface area contributed by atoms with Crippen molar-refractivity contribution in [2.24, 2.45) is 5.10 Å². The molecule has 0 heterocycles. The van der Waals surface area contributed by atoms with Gasteiger partial charge >= 0.3 is 5.97 Å². The Morgan fingerprint density at radius 1 is 0.935 bits per heavy atom. The SMILES string of the molecule is CCOc1ccc(C(=O)Oc2ccc(/C=N/NC(=O)c3ccccc3)cc2OC)cc1. The quantitative estimate of drug-likeness (QED) is 0.258. The fourth-order valence-corrected chi connectivity index (χ4v) is 2.68. The van der Waals surface area contributed by atoms with E-state index in [4.69, 9.17) is 14.2 Å². The van der Waals surface area contributed by atoms with E-state index in [-0.39, 0.29) is 11.7 Å². The molecule has 0 aliphatic rings. The molecule has 0 aliphatic carbocycles. The lowest BCUT2D eigenvalue weighted by Crippen LogP contribution is -2.17. The van der Waals surface area contributed by atoms with Gasteiger partial charge in [0.2, 0.25) is 0 Å². The number of esters is 1. The molecule has 3 aromatic rings. The van der Waals surface area contributed by atoms with Gasteiger partial charge in [0.25, 0.3) is 5.91 Å². The van der Waals surface area contributed by atoms with Crippen LogP contribution < -0.4 is 19.6 Å². The molecule has 0 atom stereocenters. The Morgan fingerprint density at radius 3 is 2.35 bits per heavy atom. The number of carbonyl (C=O) groups excluding carboxylic acids is 2. The number of rotatable bonds is 8. The summed E-state index contributed by atoms with van der Waals surface area (Å²) in [6.07, 6.45) is 1.47. The zero-order valence-electron chi connectivity index (χ0n) is 17.2. The average molecular weight is 418 g/mol. The lowest BCUT2D eigenvalue weighted by molar-refractivity contribution is 0.0729. The van der Waals surface area contributed by atoms with Crippen molar-refractivity contribution in [2.45, 2.75) is 6.92 Å². The molecule has 0 unspecified atom stereocenters. The molecule has 0 aliphatic heterocycles. The Hall–Kier alpha value is -4.13. The van der Waals surface area contributed by atoms with Gasteiger partial charge in [-0.2, -0.15) is 5.10 Å². The van der Waals surface area contributed by atoms with Crippen molar-refractivity contribution in [1.82, 2.24) is 5.43 Å². The summed E-state index contributed by atoms with van der Waals surface area (Å²) < 4.78 is 16.2. The number of methoxy groups -OCH3 is 1. The second kappa shape index (κ2) is 10.6. The van der Waals surface area contributed by atoms with Gasteiger partial charge in [-0.25, -0.2) is 10.2 Å². The number of hydrazone groups is 1. The Kier molecular flexibility index (Phi) is 7.37. The number of hydrogen-bond acceptors (Lipinski definition) is 6. The van der Waals surface area contributed by atoms with Gasteiger partial charge in [-0.15, -0.1) is 0 Å². The first-order valence-electron chi connectivity index (χ1n) is 9.62. The van der Waals surface area contributed by atoms with E-state index in [1.165, 1.54) is 13.3 Å². The number of benzene rings is 3. The highest BCUT2D eigenvalue weighted by Gasteiger charge is 2.13. The number of hydrogen-bond donors (Lipinski definition) is 1. The van der Waals surface area contributed by atoms with Gasteiger partial charge < -0.3 is 14.2 Å². The minimum absolute atomic E-state index is 0.270. The molecular formula is C24H22N2O5. The molecule has 0 fully saturated rings. The van der Waals surface area contributed by atoms with Crippen LogP contribution in [-0.2, 0) is 0 Å². The lowest BCUT2D eigenvalue weighted by atomic mass is 10.2. The van der Waals surface area contributed by atoms with Gasteiger partial charge in [-0.3, -0.25) is 4.79 Å². The molecule has 1 N–H and O–H groups in total. The van der Waals surface area contributed by atoms with Crippen LogP contribution in [0.1, 0.15) is 33.2 Å². The minimum Gasteiger partial charge on any atom is -0.494 e. The van der Waals surface area contributed by atoms with Crippen LogP contribution in [0.2, 0.25) is 0 Å². The van der Waals surface area contributed by atoms with Gasteiger partial charge in [0.15, 0.2) is 11.5 Å². The first-order valence-corrected chi connectivity index (χ1v) is 9.62. The highest BCUT2D eigenvalue weighted by atomic mass is 16.6. The molecular weight excluding hydrogens is 396 g/mol. The van der Waals surface area contributed by atoms with Crippen molar-refractivity contribution in [3.05, 3.63) is 89.5 Å². The molecule has 3 rings (SSSR count). The van der Waals surface area contributed by atoms with E-state index in [9.17, 15) is 9.59 Å². The van der Waals surface area contributed by atoms with E-state index in [1.54, 1.807) is 66.7 Å². The van der Waals surface area contributed by atoms with Crippen LogP contribution in [0.15, 0.2) is 77.9 Å². The topological polar surface area (TPSA) is 86.2 Å². The summed E-state index contributed by atoms with van der Waals surface area (Å²) in [6.45, 7) is 2.44. The van der Waals surface area contributed by atoms with Crippen molar-refractivity contribution in [1.29, 1.82) is 0 Å². The fraction of sp³-hybridized carbons (Fsp3) is 0.125. The van der Waals surface area contributed by atoms with Crippen molar-refractivity contribution >= 4 is 18.1 Å². The van der Waals surface area contributed by atoms with Crippen molar-refractivity contribution in [3.63, 3.8) is 0 Å². The second-order valence-corrected chi connectivity index (χ2v) is 6.32. The molecule has 3 aromatic carbocycles. The van der Waals surface area contributed by atoms with Crippen LogP contribution >= 0.6 is 0 Å². The number of carbonyl (C=O) groups is 2. The highest BCUT2D eigenvalue weighted by molar-refractivity contribution is 5.95. The Morgan fingerprint density at radius 2 is 1.68 bits per heavy atom. The summed E-state index contributed by atoms with van der Waals surface area (Å²) in [5.41, 5.74) is 4.02. The highest BCUT2D eigenvalue weighted by Crippen LogP contribution is 2.28. The molecule has 158 valence electrons. The molecule has 0 saturated carbocycles. The lowest BCUT2D eigenvalue weighted by Gasteiger charge is -2.10. The van der Waals surface area contributed by atoms with E-state index in [0.717, 1.165) is 0 Å². The van der Waals surface area contributed by atoms with Crippen LogP contribution in [0.5, 0.6) is 17.2 Å². The Bertz CT molecular complexity index is 1060. The zero-order valence-corrected chi connectivity index (χ0v) is 17.2. The summed E-state index contributed by atoms with van der Waals surface area (Å²) >= 11 is 0. The van der Waals surface area contributed by atoms with Crippen LogP contribution in [0, 0.1) is 0 Å². The minimum atomic E-state index is -0.516. The maximum atomic E-state index is 12.4. The summed E-state index contributed by atoms with van der Waals surface area (Å²) in [4.78, 5) is 24.4. The fourth-order valence-electron chi connectivity index (χ4n) is 2.68. The standard InChI is InChI=1S/C24H22N2O5/c1-3-30-20-12-10-19(11-13-20)24(28)31-21-14-9-17(15-22(21)29-2)16-25-26-23(27)18-7-5-4-6-8-18/h4-16H,3H2,1-2H3,(H,26,27)/b25-16+. The third-order valence-electron chi connectivity index (χ3n) is 4.21. The molecule has 0 spiro atoms. The third-order valence-corrected chi connectivity index (χ3v) is 4.21. The molecule has 0 saturated heterocycles. The van der Waals surface area contributed by atoms with Gasteiger partial charge in [0.1, 0.15) is 5.75 Å². The van der Waals surface area contributed by atoms with Gasteiger partial charge in [0.05, 0.1) is 25.5 Å². The average Bonchev–Trinajstić information content (AvgIpc) is 2.81. The summed E-state index contributed by atoms with van der Waals surface area (Å²) in [6, 6.07) is 20.4. The Balaban J connectivity index is 1.65. The summed E-state index contributed by atoms with van der Waals surface area (Å²) in [5, 5.41) is 3.96. The van der Waals surface area contributed by atoms with Crippen LogP contribution in [0.3, 0.4) is 0 Å². The van der Waals surface area contributed by atoms with E-state index < -0.39 is 5.97 Å². The van der Waals surface area contributed by atoms with Crippen LogP contribution in [0.4, 0.5) is 0 Å². The largest absolute Gasteiger partial charge is 0.494 e. The van der Waals surface area contributed by atoms with Crippen molar-refractivity contribution < 1.29 is 23.8 Å². The van der Waals surface area contributed by atoms with Crippen molar-refractivity contribution in [2.75, 3.05) is 13.7 Å². The molecule has 7 heteroatoms. The number of amides is 1. The van der Waals surface area contributed by atoms with Crippen LogP contribution in [0.25, 0.3) is 0 Å². The van der Waals surface area contributed by atoms with Crippen molar-refractivity contribution in [3.8, 4) is 17.2 Å². The van der Waals surface area contributed by atoms with Gasteiger partial charge in [-0.1, -0.05) is 18.2 Å². The summed E-state index contributed by atoms with van der Waals surface area (Å²) in [7, 11) is 1.47. The maximum absolute atomic E-state index is 12.4. The van der Waals surface area contributed by atoms with Crippen LogP contribution in [-0.4, -0.2) is 31.8 Å². The molecule has 0 bridgehead atoms. The smallest absolute Gasteiger partial charge is 0.343 e. The maximum Gasteiger partial charge on any atom is 0.343 e. The van der Waals surface area contributed by atoms with E-state index in [2.05, 4.69) is 10.5 Å². The van der Waals surface area contributed by atoms with E-state index >= 15 is 0 Å². The summed E-state index contributed by atoms with van der Waals surface area (Å²) in [5.74, 6) is 0.478. The number of nitrogens with one attached hydrogen (secondary N) is 1. The van der Waals surface area contributed by atoms with E-state index in [1.807, 2.05) is 13.0 Å². The predicted molar refractivity (Wildman–Crippen MR) is 117 cm³/mol. The third kappa shape index (κ3) is 5.93. The first kappa shape index (κ1) is 21.6. The molecule has 0 radical (unpaired) electrons. The first-order chi connectivity index (χ1) is 15.1. The second-order valence-electron chi connectivity index (χ2n) is 6.32. The monoisotopic (exact) mass is 418 g/mol. The van der Waals surface area contributed by atoms with Gasteiger partial charge in [0, 0.05) is 5.56 Å². The van der Waals surface area contributed by atoms with Gasteiger partial charge in [-0.05, 0) is 67.1 Å². The molecule has 1 amide bonds. The normalized spacial score (nSPS) is 10.5. The van der Waals surface area contributed by atoms with E-state index in [0.29, 0.717) is 34.8 Å².